The number of hydrogen-bond donors (Lipinski definition) is 2. The third-order valence-corrected chi connectivity index (χ3v) is 8.02. The minimum absolute atomic E-state index is 0.157. The first-order valence-electron chi connectivity index (χ1n) is 12.4. The molecule has 4 aliphatic rings. The number of allylic oxidation sites excluding steroid dienone is 1. The Hall–Kier alpha value is -4.11. The summed E-state index contributed by atoms with van der Waals surface area (Å²) in [5.41, 5.74) is 3.03. The molecule has 2 aliphatic carbocycles. The van der Waals surface area contributed by atoms with Gasteiger partial charge in [0.1, 0.15) is 5.76 Å². The van der Waals surface area contributed by atoms with Gasteiger partial charge < -0.3 is 29.3 Å². The molecule has 1 saturated heterocycles. The van der Waals surface area contributed by atoms with Crippen molar-refractivity contribution in [2.45, 2.75) is 36.8 Å². The lowest BCUT2D eigenvalue weighted by Crippen LogP contribution is -2.63. The highest BCUT2D eigenvalue weighted by atomic mass is 16.6. The van der Waals surface area contributed by atoms with Crippen molar-refractivity contribution in [2.75, 3.05) is 20.7 Å². The van der Waals surface area contributed by atoms with Gasteiger partial charge in [-0.2, -0.15) is 0 Å². The average Bonchev–Trinajstić information content (AvgIpc) is 3.26. The number of piperidine rings is 1. The van der Waals surface area contributed by atoms with Gasteiger partial charge in [0.25, 0.3) is 0 Å². The monoisotopic (exact) mass is 519 g/mol. The first-order chi connectivity index (χ1) is 18.3. The molecule has 9 heteroatoms. The minimum Gasteiger partial charge on any atom is -0.493 e. The predicted octanol–water partition coefficient (Wildman–Crippen LogP) is 3.43. The van der Waals surface area contributed by atoms with E-state index in [4.69, 9.17) is 24.4 Å². The third-order valence-electron chi connectivity index (χ3n) is 8.02. The fourth-order valence-corrected chi connectivity index (χ4v) is 6.45. The van der Waals surface area contributed by atoms with Crippen molar-refractivity contribution in [1.82, 2.24) is 4.90 Å². The Morgan fingerprint density at radius 1 is 1.08 bits per heavy atom. The molecule has 2 heterocycles. The molecule has 1 fully saturated rings. The van der Waals surface area contributed by atoms with E-state index in [9.17, 15) is 14.4 Å². The Morgan fingerprint density at radius 2 is 1.79 bits per heavy atom. The third kappa shape index (κ3) is 4.22. The number of ether oxygens (including phenoxy) is 3. The number of carboxylic acids is 2. The summed E-state index contributed by atoms with van der Waals surface area (Å²) in [6.45, 7) is 1.01. The Morgan fingerprint density at radius 3 is 2.45 bits per heavy atom. The van der Waals surface area contributed by atoms with Crippen molar-refractivity contribution in [1.29, 1.82) is 0 Å². The van der Waals surface area contributed by atoms with Crippen LogP contribution < -0.4 is 9.47 Å². The fraction of sp³-hybridized carbons (Fsp3) is 0.345. The van der Waals surface area contributed by atoms with Crippen LogP contribution in [0.3, 0.4) is 0 Å². The highest BCUT2D eigenvalue weighted by molar-refractivity contribution is 5.90. The molecule has 9 nitrogen and oxygen atoms in total. The summed E-state index contributed by atoms with van der Waals surface area (Å²) >= 11 is 0. The molecule has 1 spiro atoms. The second-order valence-electron chi connectivity index (χ2n) is 9.89. The van der Waals surface area contributed by atoms with Crippen LogP contribution in [0.2, 0.25) is 0 Å². The van der Waals surface area contributed by atoms with E-state index in [-0.39, 0.29) is 17.5 Å². The standard InChI is InChI=1S/C25H25NO4.C4H4O4/c1-26-13-12-25-17-9-11-20(29-24(27)15-6-4-3-5-7-15)23(25)30-22-19(28-2)10-8-16(21(22)25)14-18(17)26;5-3(6)1-2-4(7)8/h3-8,10-11,17-18,23H,9,12-14H2,1-2H3;1-2H,(H,5,6)(H,7,8)/b;2-1-/t17-,18+,23-,25-;/m0./s1. The number of rotatable bonds is 5. The lowest BCUT2D eigenvalue weighted by atomic mass is 9.53. The summed E-state index contributed by atoms with van der Waals surface area (Å²) < 4.78 is 18.2. The zero-order chi connectivity index (χ0) is 27.0. The number of likely N-dealkylation sites (tertiary alicyclic amines) is 1. The molecule has 2 N–H and O–H groups in total. The number of nitrogens with zero attached hydrogens (tertiary/aromatic N) is 1. The van der Waals surface area contributed by atoms with E-state index in [1.54, 1.807) is 19.2 Å². The van der Waals surface area contributed by atoms with Crippen LogP contribution in [-0.4, -0.2) is 65.9 Å². The molecule has 2 aromatic carbocycles. The lowest BCUT2D eigenvalue weighted by Gasteiger charge is -2.56. The van der Waals surface area contributed by atoms with Crippen molar-refractivity contribution < 1.29 is 38.8 Å². The Bertz CT molecular complexity index is 1320. The van der Waals surface area contributed by atoms with E-state index in [0.717, 1.165) is 37.3 Å². The van der Waals surface area contributed by atoms with Gasteiger partial charge in [-0.05, 0) is 68.6 Å². The number of esters is 1. The number of hydrogen-bond acceptors (Lipinski definition) is 7. The average molecular weight is 520 g/mol. The molecule has 2 bridgehead atoms. The van der Waals surface area contributed by atoms with Crippen LogP contribution in [0.4, 0.5) is 0 Å². The number of aliphatic carboxylic acids is 2. The first kappa shape index (κ1) is 25.5. The van der Waals surface area contributed by atoms with Gasteiger partial charge in [0.05, 0.1) is 12.7 Å². The van der Waals surface area contributed by atoms with Gasteiger partial charge in [-0.25, -0.2) is 14.4 Å². The zero-order valence-corrected chi connectivity index (χ0v) is 21.1. The summed E-state index contributed by atoms with van der Waals surface area (Å²) in [5, 5.41) is 15.6. The molecule has 198 valence electrons. The summed E-state index contributed by atoms with van der Waals surface area (Å²) in [6, 6.07) is 13.8. The number of likely N-dealkylation sites (N-methyl/N-ethyl adjacent to an activating group) is 1. The molecule has 0 amide bonds. The van der Waals surface area contributed by atoms with Crippen molar-refractivity contribution >= 4 is 17.9 Å². The summed E-state index contributed by atoms with van der Waals surface area (Å²) in [7, 11) is 3.91. The van der Waals surface area contributed by atoms with Gasteiger partial charge in [0.2, 0.25) is 0 Å². The number of benzene rings is 2. The molecule has 6 rings (SSSR count). The molecule has 38 heavy (non-hydrogen) atoms. The quantitative estimate of drug-likeness (QED) is 0.452. The van der Waals surface area contributed by atoms with Crippen molar-refractivity contribution in [2.24, 2.45) is 5.92 Å². The maximum absolute atomic E-state index is 12.8. The van der Waals surface area contributed by atoms with Crippen LogP contribution in [0.1, 0.15) is 34.3 Å². The van der Waals surface area contributed by atoms with Crippen LogP contribution in [-0.2, 0) is 26.2 Å². The molecule has 4 atom stereocenters. The van der Waals surface area contributed by atoms with Gasteiger partial charge in [0, 0.05) is 29.2 Å². The number of carboxylic acid groups (broad SMARTS) is 2. The highest BCUT2D eigenvalue weighted by Gasteiger charge is 2.64. The van der Waals surface area contributed by atoms with E-state index >= 15 is 0 Å². The Balaban J connectivity index is 0.000000323. The van der Waals surface area contributed by atoms with Crippen LogP contribution in [0.5, 0.6) is 11.5 Å². The van der Waals surface area contributed by atoms with E-state index in [1.165, 1.54) is 11.1 Å². The Kier molecular flexibility index (Phi) is 6.71. The highest BCUT2D eigenvalue weighted by Crippen LogP contribution is 2.63. The maximum atomic E-state index is 12.8. The van der Waals surface area contributed by atoms with Crippen LogP contribution in [0.15, 0.2) is 66.5 Å². The van der Waals surface area contributed by atoms with E-state index in [0.29, 0.717) is 35.4 Å². The minimum atomic E-state index is -1.26. The largest absolute Gasteiger partial charge is 0.493 e. The Labute approximate surface area is 219 Å². The van der Waals surface area contributed by atoms with Crippen molar-refractivity contribution in [3.63, 3.8) is 0 Å². The smallest absolute Gasteiger partial charge is 0.343 e. The SMILES string of the molecule is COc1ccc2c3c1O[C@H]1C(OC(=O)c4ccccc4)=CC[C@H]4[C@@H](C2)N(C)CC[C@]314.O=C(O)/C=C\C(=O)O. The molecular weight excluding hydrogens is 490 g/mol. The number of carbonyl (C=O) groups is 3. The van der Waals surface area contributed by atoms with E-state index in [2.05, 4.69) is 24.1 Å². The van der Waals surface area contributed by atoms with Crippen LogP contribution in [0, 0.1) is 5.92 Å². The van der Waals surface area contributed by atoms with E-state index in [1.807, 2.05) is 24.3 Å². The normalized spacial score (nSPS) is 26.3. The second kappa shape index (κ2) is 9.98. The summed E-state index contributed by atoms with van der Waals surface area (Å²) in [6.07, 6.45) is 5.82. The first-order valence-corrected chi connectivity index (χ1v) is 12.4. The van der Waals surface area contributed by atoms with E-state index < -0.39 is 11.9 Å². The lowest BCUT2D eigenvalue weighted by molar-refractivity contribution is -0.134. The maximum Gasteiger partial charge on any atom is 0.343 e. The molecule has 0 radical (unpaired) electrons. The molecule has 2 aliphatic heterocycles. The van der Waals surface area contributed by atoms with Crippen molar-refractivity contribution in [3.8, 4) is 11.5 Å². The molecular formula is C29H29NO8. The molecule has 2 aromatic rings. The fourth-order valence-electron chi connectivity index (χ4n) is 6.45. The van der Waals surface area contributed by atoms with Gasteiger partial charge in [-0.15, -0.1) is 0 Å². The zero-order valence-electron chi connectivity index (χ0n) is 21.1. The summed E-state index contributed by atoms with van der Waals surface area (Å²) in [4.78, 5) is 34.4. The molecule has 0 aromatic heterocycles. The topological polar surface area (TPSA) is 123 Å². The van der Waals surface area contributed by atoms with Crippen molar-refractivity contribution in [3.05, 3.63) is 83.1 Å². The van der Waals surface area contributed by atoms with Crippen LogP contribution in [0.25, 0.3) is 0 Å². The number of carbonyl (C=O) groups excluding carboxylic acids is 1. The molecule has 0 unspecified atom stereocenters. The second-order valence-corrected chi connectivity index (χ2v) is 9.89. The van der Waals surface area contributed by atoms with Gasteiger partial charge in [-0.3, -0.25) is 0 Å². The van der Waals surface area contributed by atoms with Gasteiger partial charge >= 0.3 is 17.9 Å². The molecule has 0 saturated carbocycles. The summed E-state index contributed by atoms with van der Waals surface area (Å²) in [5.74, 6) is -0.140. The predicted molar refractivity (Wildman–Crippen MR) is 136 cm³/mol. The number of methoxy groups -OCH3 is 1. The van der Waals surface area contributed by atoms with Gasteiger partial charge in [0.15, 0.2) is 17.6 Å². The van der Waals surface area contributed by atoms with Gasteiger partial charge in [-0.1, -0.05) is 24.3 Å². The van der Waals surface area contributed by atoms with Crippen LogP contribution >= 0.6 is 0 Å².